The molecule has 2 aromatic carbocycles. The average Bonchev–Trinajstić information content (AvgIpc) is 2.68. The van der Waals surface area contributed by atoms with Crippen LogP contribution in [0.25, 0.3) is 22.2 Å². The van der Waals surface area contributed by atoms with Gasteiger partial charge >= 0.3 is 6.03 Å². The maximum absolute atomic E-state index is 11.4. The quantitative estimate of drug-likeness (QED) is 0.758. The van der Waals surface area contributed by atoms with E-state index in [1.165, 1.54) is 0 Å². The molecule has 1 saturated heterocycles. The van der Waals surface area contributed by atoms with Crippen molar-refractivity contribution in [3.63, 3.8) is 0 Å². The number of rotatable bonds is 3. The SMILES string of the molecule is NC(=O)Nc1cccc2nc(N3CCOCC3)nc(-c3ccccc3)c12. The molecule has 3 aromatic rings. The number of aromatic nitrogens is 2. The normalized spacial score (nSPS) is 14.4. The Balaban J connectivity index is 1.94. The van der Waals surface area contributed by atoms with Gasteiger partial charge in [0.2, 0.25) is 5.95 Å². The van der Waals surface area contributed by atoms with Gasteiger partial charge in [0.05, 0.1) is 35.5 Å². The van der Waals surface area contributed by atoms with Gasteiger partial charge < -0.3 is 20.7 Å². The number of benzene rings is 2. The number of carbonyl (C=O) groups excluding carboxylic acids is 1. The predicted molar refractivity (Wildman–Crippen MR) is 101 cm³/mol. The lowest BCUT2D eigenvalue weighted by Gasteiger charge is -2.27. The van der Waals surface area contributed by atoms with Crippen molar-refractivity contribution in [2.24, 2.45) is 5.73 Å². The average molecular weight is 349 g/mol. The third-order valence-electron chi connectivity index (χ3n) is 4.31. The smallest absolute Gasteiger partial charge is 0.316 e. The number of anilines is 2. The van der Waals surface area contributed by atoms with E-state index >= 15 is 0 Å². The molecule has 1 aliphatic rings. The van der Waals surface area contributed by atoms with Gasteiger partial charge in [-0.05, 0) is 12.1 Å². The van der Waals surface area contributed by atoms with Crippen LogP contribution < -0.4 is 16.0 Å². The Morgan fingerprint density at radius 2 is 1.81 bits per heavy atom. The molecule has 0 spiro atoms. The van der Waals surface area contributed by atoms with Crippen LogP contribution in [0.1, 0.15) is 0 Å². The lowest BCUT2D eigenvalue weighted by Crippen LogP contribution is -2.37. The van der Waals surface area contributed by atoms with Crippen LogP contribution in [-0.2, 0) is 4.74 Å². The van der Waals surface area contributed by atoms with E-state index in [4.69, 9.17) is 20.4 Å². The molecule has 0 aliphatic carbocycles. The number of primary amides is 1. The molecular formula is C19H19N5O2. The predicted octanol–water partition coefficient (Wildman–Crippen LogP) is 2.62. The molecule has 4 rings (SSSR count). The van der Waals surface area contributed by atoms with Gasteiger partial charge in [0.1, 0.15) is 0 Å². The van der Waals surface area contributed by atoms with Gasteiger partial charge in [0, 0.05) is 18.7 Å². The van der Waals surface area contributed by atoms with E-state index in [1.54, 1.807) is 6.07 Å². The molecule has 1 aliphatic heterocycles. The molecule has 3 N–H and O–H groups in total. The Morgan fingerprint density at radius 3 is 2.54 bits per heavy atom. The first-order valence-corrected chi connectivity index (χ1v) is 8.48. The standard InChI is InChI=1S/C19H19N5O2/c20-18(25)21-14-7-4-8-15-16(14)17(13-5-2-1-3-6-13)23-19(22-15)24-9-11-26-12-10-24/h1-8H,9-12H2,(H3,20,21,25). The number of nitrogens with zero attached hydrogens (tertiary/aromatic N) is 3. The molecule has 132 valence electrons. The van der Waals surface area contributed by atoms with Crippen LogP contribution in [0.3, 0.4) is 0 Å². The van der Waals surface area contributed by atoms with E-state index in [0.717, 1.165) is 35.2 Å². The minimum absolute atomic E-state index is 0.599. The molecule has 26 heavy (non-hydrogen) atoms. The maximum Gasteiger partial charge on any atom is 0.316 e. The minimum Gasteiger partial charge on any atom is -0.378 e. The fourth-order valence-corrected chi connectivity index (χ4v) is 3.12. The Bertz CT molecular complexity index is 939. The number of fused-ring (bicyclic) bond motifs is 1. The highest BCUT2D eigenvalue weighted by molar-refractivity contribution is 6.06. The van der Waals surface area contributed by atoms with Gasteiger partial charge in [-0.25, -0.2) is 14.8 Å². The topological polar surface area (TPSA) is 93.4 Å². The van der Waals surface area contributed by atoms with Gasteiger partial charge in [-0.1, -0.05) is 36.4 Å². The van der Waals surface area contributed by atoms with E-state index in [1.807, 2.05) is 42.5 Å². The van der Waals surface area contributed by atoms with Crippen molar-refractivity contribution in [3.05, 3.63) is 48.5 Å². The number of carbonyl (C=O) groups is 1. The van der Waals surface area contributed by atoms with Crippen LogP contribution in [0.2, 0.25) is 0 Å². The van der Waals surface area contributed by atoms with E-state index in [-0.39, 0.29) is 0 Å². The molecule has 1 aromatic heterocycles. The van der Waals surface area contributed by atoms with Crippen LogP contribution in [0, 0.1) is 0 Å². The van der Waals surface area contributed by atoms with Gasteiger partial charge in [0.15, 0.2) is 0 Å². The largest absolute Gasteiger partial charge is 0.378 e. The summed E-state index contributed by atoms with van der Waals surface area (Å²) in [5, 5.41) is 3.45. The molecule has 2 amide bonds. The van der Waals surface area contributed by atoms with E-state index in [0.29, 0.717) is 24.8 Å². The highest BCUT2D eigenvalue weighted by Gasteiger charge is 2.19. The Hall–Kier alpha value is -3.19. The monoisotopic (exact) mass is 349 g/mol. The zero-order valence-corrected chi connectivity index (χ0v) is 14.2. The van der Waals surface area contributed by atoms with Crippen LogP contribution >= 0.6 is 0 Å². The molecule has 1 fully saturated rings. The highest BCUT2D eigenvalue weighted by atomic mass is 16.5. The third-order valence-corrected chi connectivity index (χ3v) is 4.31. The van der Waals surface area contributed by atoms with Crippen molar-refractivity contribution in [2.75, 3.05) is 36.5 Å². The summed E-state index contributed by atoms with van der Waals surface area (Å²) < 4.78 is 5.43. The summed E-state index contributed by atoms with van der Waals surface area (Å²) in [4.78, 5) is 23.1. The van der Waals surface area contributed by atoms with Crippen molar-refractivity contribution in [1.29, 1.82) is 0 Å². The van der Waals surface area contributed by atoms with Crippen LogP contribution in [-0.4, -0.2) is 42.3 Å². The molecule has 0 atom stereocenters. The number of amides is 2. The second-order valence-electron chi connectivity index (χ2n) is 6.03. The lowest BCUT2D eigenvalue weighted by molar-refractivity contribution is 0.122. The fourth-order valence-electron chi connectivity index (χ4n) is 3.12. The van der Waals surface area contributed by atoms with Crippen molar-refractivity contribution >= 4 is 28.6 Å². The summed E-state index contributed by atoms with van der Waals surface area (Å²) in [6.07, 6.45) is 0. The van der Waals surface area contributed by atoms with Gasteiger partial charge in [-0.15, -0.1) is 0 Å². The highest BCUT2D eigenvalue weighted by Crippen LogP contribution is 2.33. The van der Waals surface area contributed by atoms with Crippen LogP contribution in [0.4, 0.5) is 16.4 Å². The van der Waals surface area contributed by atoms with Gasteiger partial charge in [-0.3, -0.25) is 0 Å². The number of hydrogen-bond donors (Lipinski definition) is 2. The van der Waals surface area contributed by atoms with Crippen molar-refractivity contribution in [1.82, 2.24) is 9.97 Å². The van der Waals surface area contributed by atoms with Crippen molar-refractivity contribution < 1.29 is 9.53 Å². The first kappa shape index (κ1) is 16.3. The first-order chi connectivity index (χ1) is 12.7. The summed E-state index contributed by atoms with van der Waals surface area (Å²) in [5.41, 5.74) is 8.41. The number of hydrogen-bond acceptors (Lipinski definition) is 5. The summed E-state index contributed by atoms with van der Waals surface area (Å²) in [7, 11) is 0. The number of nitrogens with one attached hydrogen (secondary N) is 1. The Kier molecular flexibility index (Phi) is 4.37. The van der Waals surface area contributed by atoms with E-state index in [2.05, 4.69) is 10.2 Å². The summed E-state index contributed by atoms with van der Waals surface area (Å²) >= 11 is 0. The number of urea groups is 1. The van der Waals surface area contributed by atoms with E-state index < -0.39 is 6.03 Å². The molecule has 2 heterocycles. The number of nitrogens with two attached hydrogens (primary N) is 1. The number of ether oxygens (including phenoxy) is 1. The Morgan fingerprint density at radius 1 is 1.04 bits per heavy atom. The fraction of sp³-hybridized carbons (Fsp3) is 0.211. The molecule has 0 bridgehead atoms. The zero-order chi connectivity index (χ0) is 17.9. The van der Waals surface area contributed by atoms with Gasteiger partial charge in [0.25, 0.3) is 0 Å². The molecule has 7 nitrogen and oxygen atoms in total. The molecule has 0 unspecified atom stereocenters. The molecular weight excluding hydrogens is 330 g/mol. The third kappa shape index (κ3) is 3.16. The molecule has 0 saturated carbocycles. The van der Waals surface area contributed by atoms with Crippen LogP contribution in [0.15, 0.2) is 48.5 Å². The maximum atomic E-state index is 11.4. The summed E-state index contributed by atoms with van der Waals surface area (Å²) in [6.45, 7) is 2.81. The zero-order valence-electron chi connectivity index (χ0n) is 14.2. The molecule has 0 radical (unpaired) electrons. The minimum atomic E-state index is -0.617. The lowest BCUT2D eigenvalue weighted by atomic mass is 10.0. The second kappa shape index (κ2) is 6.97. The summed E-state index contributed by atoms with van der Waals surface area (Å²) in [6, 6.07) is 14.8. The molecule has 7 heteroatoms. The first-order valence-electron chi connectivity index (χ1n) is 8.48. The van der Waals surface area contributed by atoms with Crippen molar-refractivity contribution in [3.8, 4) is 11.3 Å². The van der Waals surface area contributed by atoms with Crippen LogP contribution in [0.5, 0.6) is 0 Å². The van der Waals surface area contributed by atoms with Gasteiger partial charge in [-0.2, -0.15) is 0 Å². The second-order valence-corrected chi connectivity index (χ2v) is 6.03. The van der Waals surface area contributed by atoms with Crippen molar-refractivity contribution in [2.45, 2.75) is 0 Å². The summed E-state index contributed by atoms with van der Waals surface area (Å²) in [5.74, 6) is 0.663. The van der Waals surface area contributed by atoms with E-state index in [9.17, 15) is 4.79 Å². The number of morpholine rings is 1. The Labute approximate surface area is 150 Å².